The van der Waals surface area contributed by atoms with Crippen LogP contribution in [0.15, 0.2) is 42.5 Å². The Balaban J connectivity index is 1.45. The van der Waals surface area contributed by atoms with Crippen molar-refractivity contribution >= 4 is 11.5 Å². The molecule has 1 aliphatic heterocycles. The Hall–Kier alpha value is -2.40. The number of ketones is 1. The largest absolute Gasteiger partial charge is 0.495 e. The predicted octanol–water partition coefficient (Wildman–Crippen LogP) is 3.93. The lowest BCUT2D eigenvalue weighted by Gasteiger charge is -2.36. The summed E-state index contributed by atoms with van der Waals surface area (Å²) in [7, 11) is 1.70. The van der Waals surface area contributed by atoms with Gasteiger partial charge < -0.3 is 9.64 Å². The summed E-state index contributed by atoms with van der Waals surface area (Å²) in [4.78, 5) is 17.1. The van der Waals surface area contributed by atoms with Gasteiger partial charge in [0.1, 0.15) is 11.6 Å². The molecule has 0 aromatic heterocycles. The van der Waals surface area contributed by atoms with Crippen LogP contribution in [0.5, 0.6) is 5.75 Å². The van der Waals surface area contributed by atoms with Gasteiger partial charge in [-0.25, -0.2) is 4.39 Å². The van der Waals surface area contributed by atoms with E-state index in [0.29, 0.717) is 17.5 Å². The molecule has 0 atom stereocenters. The zero-order valence-corrected chi connectivity index (χ0v) is 16.1. The molecule has 1 saturated heterocycles. The predicted molar refractivity (Wildman–Crippen MR) is 106 cm³/mol. The monoisotopic (exact) mass is 370 g/mol. The molecule has 4 nitrogen and oxygen atoms in total. The van der Waals surface area contributed by atoms with E-state index >= 15 is 0 Å². The van der Waals surface area contributed by atoms with E-state index in [4.69, 9.17) is 4.74 Å². The van der Waals surface area contributed by atoms with E-state index in [2.05, 4.69) is 15.9 Å². The van der Waals surface area contributed by atoms with E-state index in [1.54, 1.807) is 20.1 Å². The van der Waals surface area contributed by atoms with Gasteiger partial charge in [0.15, 0.2) is 5.78 Å². The van der Waals surface area contributed by atoms with Crippen molar-refractivity contribution in [3.05, 3.63) is 59.4 Å². The molecule has 0 spiro atoms. The number of hydrogen-bond donors (Lipinski definition) is 0. The van der Waals surface area contributed by atoms with Gasteiger partial charge in [0.25, 0.3) is 0 Å². The minimum absolute atomic E-state index is 0.0974. The summed E-state index contributed by atoms with van der Waals surface area (Å²) >= 11 is 0. The molecule has 0 amide bonds. The molecule has 0 unspecified atom stereocenters. The summed E-state index contributed by atoms with van der Waals surface area (Å²) in [5.41, 5.74) is 2.49. The van der Waals surface area contributed by atoms with Crippen molar-refractivity contribution in [3.8, 4) is 5.75 Å². The SMILES string of the molecule is COc1ccccc1N1CCN(CCCC(=O)c2ccc(F)cc2C)CC1. The molecule has 144 valence electrons. The molecular formula is C22H27FN2O2. The average molecular weight is 370 g/mol. The smallest absolute Gasteiger partial charge is 0.163 e. The van der Waals surface area contributed by atoms with Crippen LogP contribution in [0.2, 0.25) is 0 Å². The maximum Gasteiger partial charge on any atom is 0.163 e. The third-order valence-corrected chi connectivity index (χ3v) is 5.17. The molecule has 3 rings (SSSR count). The third-order valence-electron chi connectivity index (χ3n) is 5.17. The minimum atomic E-state index is -0.294. The van der Waals surface area contributed by atoms with Gasteiger partial charge in [-0.15, -0.1) is 0 Å². The molecule has 2 aromatic carbocycles. The number of Topliss-reactive ketones (excluding diaryl/α,β-unsaturated/α-hetero) is 1. The lowest BCUT2D eigenvalue weighted by molar-refractivity contribution is 0.0973. The Labute approximate surface area is 160 Å². The molecule has 0 N–H and O–H groups in total. The number of rotatable bonds is 7. The van der Waals surface area contributed by atoms with Crippen LogP contribution in [0.4, 0.5) is 10.1 Å². The van der Waals surface area contributed by atoms with Crippen LogP contribution < -0.4 is 9.64 Å². The molecular weight excluding hydrogens is 343 g/mol. The number of anilines is 1. The van der Waals surface area contributed by atoms with Crippen molar-refractivity contribution in [3.63, 3.8) is 0 Å². The number of halogens is 1. The third kappa shape index (κ3) is 4.86. The number of hydrogen-bond acceptors (Lipinski definition) is 4. The van der Waals surface area contributed by atoms with Crippen LogP contribution in [-0.2, 0) is 0 Å². The quantitative estimate of drug-likeness (QED) is 0.692. The fourth-order valence-electron chi connectivity index (χ4n) is 3.64. The fraction of sp³-hybridized carbons (Fsp3) is 0.409. The summed E-state index contributed by atoms with van der Waals surface area (Å²) in [6.07, 6.45) is 1.32. The normalized spacial score (nSPS) is 15.0. The molecule has 0 saturated carbocycles. The summed E-state index contributed by atoms with van der Waals surface area (Å²) in [5.74, 6) is 0.711. The zero-order chi connectivity index (χ0) is 19.2. The Morgan fingerprint density at radius 3 is 2.56 bits per heavy atom. The van der Waals surface area contributed by atoms with E-state index in [9.17, 15) is 9.18 Å². The molecule has 1 fully saturated rings. The Morgan fingerprint density at radius 2 is 1.85 bits per heavy atom. The number of benzene rings is 2. The van der Waals surface area contributed by atoms with Crippen molar-refractivity contribution in [1.82, 2.24) is 4.90 Å². The van der Waals surface area contributed by atoms with Gasteiger partial charge in [-0.3, -0.25) is 9.69 Å². The number of nitrogens with zero attached hydrogens (tertiary/aromatic N) is 2. The van der Waals surface area contributed by atoms with Crippen molar-refractivity contribution in [2.45, 2.75) is 19.8 Å². The first-order valence-electron chi connectivity index (χ1n) is 9.48. The Morgan fingerprint density at radius 1 is 1.11 bits per heavy atom. The molecule has 27 heavy (non-hydrogen) atoms. The zero-order valence-electron chi connectivity index (χ0n) is 16.1. The first kappa shape index (κ1) is 19.4. The van der Waals surface area contributed by atoms with E-state index < -0.39 is 0 Å². The number of para-hydroxylation sites is 2. The molecule has 0 radical (unpaired) electrons. The van der Waals surface area contributed by atoms with Gasteiger partial charge in [0.2, 0.25) is 0 Å². The molecule has 0 bridgehead atoms. The second kappa shape index (κ2) is 9.00. The number of ether oxygens (including phenoxy) is 1. The highest BCUT2D eigenvalue weighted by molar-refractivity contribution is 5.97. The average Bonchev–Trinajstić information content (AvgIpc) is 2.68. The van der Waals surface area contributed by atoms with Gasteiger partial charge in [0.05, 0.1) is 12.8 Å². The van der Waals surface area contributed by atoms with E-state index in [0.717, 1.165) is 50.6 Å². The minimum Gasteiger partial charge on any atom is -0.495 e. The first-order valence-corrected chi connectivity index (χ1v) is 9.48. The van der Waals surface area contributed by atoms with Crippen LogP contribution >= 0.6 is 0 Å². The van der Waals surface area contributed by atoms with E-state index in [-0.39, 0.29) is 11.6 Å². The van der Waals surface area contributed by atoms with Crippen LogP contribution in [-0.4, -0.2) is 50.5 Å². The highest BCUT2D eigenvalue weighted by Gasteiger charge is 2.19. The number of carbonyl (C=O) groups excluding carboxylic acids is 1. The maximum absolute atomic E-state index is 13.2. The lowest BCUT2D eigenvalue weighted by Crippen LogP contribution is -2.46. The number of aryl methyl sites for hydroxylation is 1. The summed E-state index contributed by atoms with van der Waals surface area (Å²) < 4.78 is 18.6. The highest BCUT2D eigenvalue weighted by atomic mass is 19.1. The molecule has 5 heteroatoms. The second-order valence-corrected chi connectivity index (χ2v) is 6.99. The summed E-state index contributed by atoms with van der Waals surface area (Å²) in [6, 6.07) is 12.5. The van der Waals surface area contributed by atoms with E-state index in [1.807, 2.05) is 18.2 Å². The van der Waals surface area contributed by atoms with Gasteiger partial charge in [-0.2, -0.15) is 0 Å². The van der Waals surface area contributed by atoms with Crippen LogP contribution in [0.1, 0.15) is 28.8 Å². The van der Waals surface area contributed by atoms with E-state index in [1.165, 1.54) is 12.1 Å². The Kier molecular flexibility index (Phi) is 6.45. The highest BCUT2D eigenvalue weighted by Crippen LogP contribution is 2.28. The topological polar surface area (TPSA) is 32.8 Å². The van der Waals surface area contributed by atoms with Crippen molar-refractivity contribution in [1.29, 1.82) is 0 Å². The molecule has 1 aliphatic rings. The van der Waals surface area contributed by atoms with Gasteiger partial charge in [-0.05, 0) is 55.8 Å². The number of piperazine rings is 1. The number of carbonyl (C=O) groups is 1. The standard InChI is InChI=1S/C22H27FN2O2/c1-17-16-18(23)9-10-19(17)21(26)7-5-11-24-12-14-25(15-13-24)20-6-3-4-8-22(20)27-2/h3-4,6,8-10,16H,5,7,11-15H2,1-2H3. The van der Waals surface area contributed by atoms with Gasteiger partial charge >= 0.3 is 0 Å². The number of methoxy groups -OCH3 is 1. The van der Waals surface area contributed by atoms with Crippen LogP contribution in [0.25, 0.3) is 0 Å². The molecule has 0 aliphatic carbocycles. The first-order chi connectivity index (χ1) is 13.1. The van der Waals surface area contributed by atoms with Crippen molar-refractivity contribution in [2.75, 3.05) is 44.7 Å². The molecule has 1 heterocycles. The van der Waals surface area contributed by atoms with Gasteiger partial charge in [0, 0.05) is 38.2 Å². The summed E-state index contributed by atoms with van der Waals surface area (Å²) in [5, 5.41) is 0. The van der Waals surface area contributed by atoms with Crippen molar-refractivity contribution in [2.24, 2.45) is 0 Å². The molecule has 2 aromatic rings. The second-order valence-electron chi connectivity index (χ2n) is 6.99. The van der Waals surface area contributed by atoms with Gasteiger partial charge in [-0.1, -0.05) is 12.1 Å². The van der Waals surface area contributed by atoms with Crippen LogP contribution in [0.3, 0.4) is 0 Å². The maximum atomic E-state index is 13.2. The van der Waals surface area contributed by atoms with Crippen LogP contribution in [0, 0.1) is 12.7 Å². The van der Waals surface area contributed by atoms with Crippen molar-refractivity contribution < 1.29 is 13.9 Å². The lowest BCUT2D eigenvalue weighted by atomic mass is 10.0. The Bertz CT molecular complexity index is 786. The fourth-order valence-corrected chi connectivity index (χ4v) is 3.64. The summed E-state index contributed by atoms with van der Waals surface area (Å²) in [6.45, 7) is 6.54.